The summed E-state index contributed by atoms with van der Waals surface area (Å²) in [6.07, 6.45) is -2.95. The van der Waals surface area contributed by atoms with Crippen LogP contribution in [0.15, 0.2) is 59.5 Å². The number of halogens is 3. The van der Waals surface area contributed by atoms with Crippen molar-refractivity contribution in [1.29, 1.82) is 0 Å². The third-order valence-corrected chi connectivity index (χ3v) is 6.57. The Kier molecular flexibility index (Phi) is 6.81. The van der Waals surface area contributed by atoms with Crippen LogP contribution in [0.25, 0.3) is 11.8 Å². The minimum atomic E-state index is -4.56. The van der Waals surface area contributed by atoms with Gasteiger partial charge in [0, 0.05) is 22.8 Å². The van der Waals surface area contributed by atoms with E-state index >= 15 is 0 Å². The van der Waals surface area contributed by atoms with Crippen LogP contribution in [0.3, 0.4) is 0 Å². The first kappa shape index (κ1) is 25.3. The summed E-state index contributed by atoms with van der Waals surface area (Å²) in [5.74, 6) is -1.42. The van der Waals surface area contributed by atoms with Crippen LogP contribution in [0.4, 0.5) is 23.7 Å². The van der Waals surface area contributed by atoms with Gasteiger partial charge in [-0.05, 0) is 86.1 Å². The number of aryl methyl sites for hydroxylation is 2. The van der Waals surface area contributed by atoms with Crippen LogP contribution in [-0.2, 0) is 15.8 Å². The second-order valence-corrected chi connectivity index (χ2v) is 9.39. The first-order valence-electron chi connectivity index (χ1n) is 10.9. The Morgan fingerprint density at radius 3 is 2.44 bits per heavy atom. The van der Waals surface area contributed by atoms with E-state index in [1.165, 1.54) is 6.07 Å². The van der Waals surface area contributed by atoms with Gasteiger partial charge in [-0.2, -0.15) is 13.2 Å². The summed E-state index contributed by atoms with van der Waals surface area (Å²) < 4.78 is 40.8. The van der Waals surface area contributed by atoms with Crippen LogP contribution in [0.5, 0.6) is 0 Å². The molecular weight excluding hydrogens is 491 g/mol. The number of nitrogens with one attached hydrogen (secondary N) is 1. The second kappa shape index (κ2) is 9.69. The second-order valence-electron chi connectivity index (χ2n) is 8.40. The third kappa shape index (κ3) is 5.23. The van der Waals surface area contributed by atoms with Crippen LogP contribution in [0.2, 0.25) is 0 Å². The summed E-state index contributed by atoms with van der Waals surface area (Å²) >= 11 is 0.713. The highest BCUT2D eigenvalue weighted by atomic mass is 32.2. The number of imide groups is 1. The molecule has 1 aliphatic rings. The highest BCUT2D eigenvalue weighted by Crippen LogP contribution is 2.34. The summed E-state index contributed by atoms with van der Waals surface area (Å²) in [6.45, 7) is 5.24. The number of aromatic nitrogens is 1. The fourth-order valence-corrected chi connectivity index (χ4v) is 4.82. The summed E-state index contributed by atoms with van der Waals surface area (Å²) in [5.41, 5.74) is 3.66. The van der Waals surface area contributed by atoms with Crippen molar-refractivity contribution in [1.82, 2.24) is 9.47 Å². The average molecular weight is 514 g/mol. The lowest BCUT2D eigenvalue weighted by Gasteiger charge is -2.13. The number of carbonyl (C=O) groups excluding carboxylic acids is 3. The smallest absolute Gasteiger partial charge is 0.325 e. The van der Waals surface area contributed by atoms with Crippen LogP contribution in [-0.4, -0.2) is 33.1 Å². The van der Waals surface area contributed by atoms with Gasteiger partial charge in [-0.1, -0.05) is 18.2 Å². The number of carbonyl (C=O) groups is 3. The van der Waals surface area contributed by atoms with Crippen molar-refractivity contribution in [3.63, 3.8) is 0 Å². The Bertz CT molecular complexity index is 1410. The van der Waals surface area contributed by atoms with Gasteiger partial charge in [-0.3, -0.25) is 19.3 Å². The number of hydrogen-bond acceptors (Lipinski definition) is 4. The Labute approximate surface area is 209 Å². The first-order chi connectivity index (χ1) is 16.9. The molecule has 4 rings (SSSR count). The highest BCUT2D eigenvalue weighted by molar-refractivity contribution is 8.18. The molecule has 1 N–H and O–H groups in total. The van der Waals surface area contributed by atoms with E-state index in [1.54, 1.807) is 6.08 Å². The lowest BCUT2D eigenvalue weighted by atomic mass is 10.2. The van der Waals surface area contributed by atoms with Gasteiger partial charge in [-0.15, -0.1) is 0 Å². The lowest BCUT2D eigenvalue weighted by Crippen LogP contribution is -2.36. The number of anilines is 1. The molecule has 0 saturated carbocycles. The topological polar surface area (TPSA) is 71.4 Å². The summed E-state index contributed by atoms with van der Waals surface area (Å²) in [4.78, 5) is 38.7. The number of amides is 3. The van der Waals surface area contributed by atoms with Gasteiger partial charge in [0.25, 0.3) is 11.1 Å². The van der Waals surface area contributed by atoms with E-state index < -0.39 is 35.3 Å². The van der Waals surface area contributed by atoms with Crippen molar-refractivity contribution in [2.24, 2.45) is 0 Å². The van der Waals surface area contributed by atoms with Crippen molar-refractivity contribution in [3.05, 3.63) is 87.6 Å². The van der Waals surface area contributed by atoms with Gasteiger partial charge < -0.3 is 9.88 Å². The Balaban J connectivity index is 1.51. The summed E-state index contributed by atoms with van der Waals surface area (Å²) in [5, 5.41) is 1.69. The molecule has 186 valence electrons. The molecule has 0 atom stereocenters. The number of hydrogen-bond donors (Lipinski definition) is 1. The molecular formula is C26H22F3N3O3S. The van der Waals surface area contributed by atoms with Crippen LogP contribution >= 0.6 is 11.8 Å². The van der Waals surface area contributed by atoms with Crippen molar-refractivity contribution < 1.29 is 27.6 Å². The van der Waals surface area contributed by atoms with Crippen molar-refractivity contribution in [2.75, 3.05) is 11.9 Å². The molecule has 0 aliphatic carbocycles. The molecule has 0 bridgehead atoms. The molecule has 6 nitrogen and oxygen atoms in total. The zero-order valence-electron chi connectivity index (χ0n) is 19.6. The van der Waals surface area contributed by atoms with Gasteiger partial charge in [0.2, 0.25) is 5.91 Å². The van der Waals surface area contributed by atoms with Gasteiger partial charge in [0.15, 0.2) is 0 Å². The molecule has 3 amide bonds. The normalized spacial score (nSPS) is 15.2. The minimum Gasteiger partial charge on any atom is -0.325 e. The molecule has 3 aromatic rings. The van der Waals surface area contributed by atoms with Crippen molar-refractivity contribution >= 4 is 40.6 Å². The van der Waals surface area contributed by atoms with Crippen molar-refractivity contribution in [2.45, 2.75) is 26.9 Å². The van der Waals surface area contributed by atoms with Crippen LogP contribution < -0.4 is 5.32 Å². The first-order valence-corrected chi connectivity index (χ1v) is 11.7. The number of nitrogens with zero attached hydrogens (tertiary/aromatic N) is 2. The molecule has 10 heteroatoms. The van der Waals surface area contributed by atoms with Gasteiger partial charge >= 0.3 is 6.18 Å². The monoisotopic (exact) mass is 513 g/mol. The predicted molar refractivity (Wildman–Crippen MR) is 133 cm³/mol. The predicted octanol–water partition coefficient (Wildman–Crippen LogP) is 6.10. The zero-order chi connectivity index (χ0) is 26.2. The van der Waals surface area contributed by atoms with Crippen molar-refractivity contribution in [3.8, 4) is 5.69 Å². The Hall–Kier alpha value is -3.79. The molecule has 36 heavy (non-hydrogen) atoms. The maximum absolute atomic E-state index is 12.9. The Morgan fingerprint density at radius 1 is 1.03 bits per heavy atom. The molecule has 1 fully saturated rings. The average Bonchev–Trinajstić information content (AvgIpc) is 3.22. The van der Waals surface area contributed by atoms with E-state index in [-0.39, 0.29) is 10.6 Å². The maximum Gasteiger partial charge on any atom is 0.416 e. The standard InChI is InChI=1S/C26H22F3N3O3S/c1-15-6-4-9-21(10-15)32-16(2)11-18(17(32)3)12-22-24(34)31(25(35)36-22)14-23(33)30-20-8-5-7-19(13-20)26(27,28)29/h4-13H,14H2,1-3H3,(H,30,33)/b22-12-. The van der Waals surface area contributed by atoms with E-state index in [4.69, 9.17) is 0 Å². The Morgan fingerprint density at radius 2 is 1.75 bits per heavy atom. The molecule has 1 aliphatic heterocycles. The van der Waals surface area contributed by atoms with E-state index in [0.717, 1.165) is 51.3 Å². The van der Waals surface area contributed by atoms with E-state index in [1.807, 2.05) is 55.7 Å². The van der Waals surface area contributed by atoms with Gasteiger partial charge in [0.05, 0.1) is 10.5 Å². The molecule has 2 heterocycles. The largest absolute Gasteiger partial charge is 0.416 e. The van der Waals surface area contributed by atoms with Gasteiger partial charge in [0.1, 0.15) is 6.54 Å². The van der Waals surface area contributed by atoms with Crippen LogP contribution in [0.1, 0.15) is 28.1 Å². The molecule has 1 aromatic heterocycles. The maximum atomic E-state index is 12.9. The summed E-state index contributed by atoms with van der Waals surface area (Å²) in [6, 6.07) is 14.0. The molecule has 2 aromatic carbocycles. The number of thioether (sulfide) groups is 1. The minimum absolute atomic E-state index is 0.0825. The number of rotatable bonds is 5. The lowest BCUT2D eigenvalue weighted by molar-refractivity contribution is -0.137. The SMILES string of the molecule is Cc1cccc(-n2c(C)cc(/C=C3\SC(=O)N(CC(=O)Nc4cccc(C(F)(F)F)c4)C3=O)c2C)c1. The number of alkyl halides is 3. The summed E-state index contributed by atoms with van der Waals surface area (Å²) in [7, 11) is 0. The molecule has 1 saturated heterocycles. The van der Waals surface area contributed by atoms with Gasteiger partial charge in [-0.25, -0.2) is 0 Å². The third-order valence-electron chi connectivity index (χ3n) is 5.67. The van der Waals surface area contributed by atoms with E-state index in [9.17, 15) is 27.6 Å². The molecule has 0 spiro atoms. The zero-order valence-corrected chi connectivity index (χ0v) is 20.5. The highest BCUT2D eigenvalue weighted by Gasteiger charge is 2.37. The molecule has 0 radical (unpaired) electrons. The fourth-order valence-electron chi connectivity index (χ4n) is 3.99. The van der Waals surface area contributed by atoms with Crippen LogP contribution in [0, 0.1) is 20.8 Å². The molecule has 0 unspecified atom stereocenters. The van der Waals surface area contributed by atoms with E-state index in [0.29, 0.717) is 11.8 Å². The fraction of sp³-hybridized carbons (Fsp3) is 0.192. The quantitative estimate of drug-likeness (QED) is 0.419. The number of benzene rings is 2. The van der Waals surface area contributed by atoms with E-state index in [2.05, 4.69) is 5.32 Å².